The van der Waals surface area contributed by atoms with Gasteiger partial charge >= 0.3 is 6.03 Å². The van der Waals surface area contributed by atoms with Crippen LogP contribution in [0.15, 0.2) is 36.7 Å². The van der Waals surface area contributed by atoms with E-state index in [0.717, 1.165) is 16.8 Å². The average molecular weight is 357 g/mol. The third-order valence-electron chi connectivity index (χ3n) is 4.38. The summed E-state index contributed by atoms with van der Waals surface area (Å²) in [5, 5.41) is 9.73. The number of likely N-dealkylation sites (N-methyl/N-ethyl adjacent to an activating group) is 1. The predicted molar refractivity (Wildman–Crippen MR) is 96.8 cm³/mol. The first-order valence-corrected chi connectivity index (χ1v) is 8.48. The van der Waals surface area contributed by atoms with Crippen LogP contribution in [-0.2, 0) is 29.0 Å². The minimum absolute atomic E-state index is 0.119. The predicted octanol–water partition coefficient (Wildman–Crippen LogP) is 0.916. The number of aromatic nitrogens is 2. The molecule has 8 nitrogen and oxygen atoms in total. The maximum atomic E-state index is 12.5. The minimum atomic E-state index is -0.570. The van der Waals surface area contributed by atoms with E-state index >= 15 is 0 Å². The first kappa shape index (κ1) is 17.9. The fourth-order valence-corrected chi connectivity index (χ4v) is 2.98. The Kier molecular flexibility index (Phi) is 5.52. The fourth-order valence-electron chi connectivity index (χ4n) is 2.98. The molecule has 1 aliphatic heterocycles. The monoisotopic (exact) mass is 357 g/mol. The van der Waals surface area contributed by atoms with E-state index in [1.807, 2.05) is 30.5 Å². The van der Waals surface area contributed by atoms with Crippen LogP contribution in [0.4, 0.5) is 10.5 Å². The number of hydrogen-bond acceptors (Lipinski definition) is 4. The van der Waals surface area contributed by atoms with Gasteiger partial charge in [0.15, 0.2) is 0 Å². The van der Waals surface area contributed by atoms with Gasteiger partial charge < -0.3 is 20.3 Å². The Balaban J connectivity index is 1.53. The lowest BCUT2D eigenvalue weighted by atomic mass is 9.98. The molecule has 0 fully saturated rings. The van der Waals surface area contributed by atoms with Gasteiger partial charge in [0.2, 0.25) is 5.91 Å². The van der Waals surface area contributed by atoms with E-state index in [2.05, 4.69) is 15.7 Å². The molecule has 3 rings (SSSR count). The van der Waals surface area contributed by atoms with E-state index in [9.17, 15) is 9.59 Å². The lowest BCUT2D eigenvalue weighted by molar-refractivity contribution is -0.120. The van der Waals surface area contributed by atoms with Crippen molar-refractivity contribution in [1.82, 2.24) is 20.4 Å². The van der Waals surface area contributed by atoms with Crippen molar-refractivity contribution in [2.24, 2.45) is 0 Å². The van der Waals surface area contributed by atoms with Crippen LogP contribution in [0, 0.1) is 0 Å². The van der Waals surface area contributed by atoms with Crippen molar-refractivity contribution < 1.29 is 14.3 Å². The summed E-state index contributed by atoms with van der Waals surface area (Å²) in [4.78, 5) is 26.2. The summed E-state index contributed by atoms with van der Waals surface area (Å²) in [6, 6.07) is 6.76. The Morgan fingerprint density at radius 1 is 1.38 bits per heavy atom. The highest BCUT2D eigenvalue weighted by atomic mass is 16.5. The van der Waals surface area contributed by atoms with Crippen LogP contribution in [0.25, 0.3) is 0 Å². The van der Waals surface area contributed by atoms with Crippen LogP contribution in [0.1, 0.15) is 11.1 Å². The van der Waals surface area contributed by atoms with Crippen molar-refractivity contribution in [2.75, 3.05) is 25.7 Å². The Labute approximate surface area is 152 Å². The molecule has 3 amide bonds. The van der Waals surface area contributed by atoms with Gasteiger partial charge in [-0.05, 0) is 11.6 Å². The SMILES string of the molecule is COCCn1cc(CNC(=O)NC2Cc3ccccc3N(C)C2=O)cn1. The summed E-state index contributed by atoms with van der Waals surface area (Å²) in [7, 11) is 3.36. The van der Waals surface area contributed by atoms with Crippen LogP contribution in [0.5, 0.6) is 0 Å². The number of methoxy groups -OCH3 is 1. The number of anilines is 1. The minimum Gasteiger partial charge on any atom is -0.383 e. The summed E-state index contributed by atoms with van der Waals surface area (Å²) in [6.45, 7) is 1.57. The molecule has 1 atom stereocenters. The van der Waals surface area contributed by atoms with Gasteiger partial charge in [-0.3, -0.25) is 9.48 Å². The van der Waals surface area contributed by atoms with Crippen LogP contribution in [0.3, 0.4) is 0 Å². The molecule has 1 unspecified atom stereocenters. The summed E-state index contributed by atoms with van der Waals surface area (Å²) in [5.74, 6) is -0.119. The molecule has 2 N–H and O–H groups in total. The van der Waals surface area contributed by atoms with E-state index < -0.39 is 6.04 Å². The van der Waals surface area contributed by atoms with Crippen molar-refractivity contribution in [3.05, 3.63) is 47.8 Å². The highest BCUT2D eigenvalue weighted by Crippen LogP contribution is 2.26. The molecule has 0 saturated carbocycles. The van der Waals surface area contributed by atoms with Crippen LogP contribution < -0.4 is 15.5 Å². The number of hydrogen-bond donors (Lipinski definition) is 2. The lowest BCUT2D eigenvalue weighted by Crippen LogP contribution is -2.53. The average Bonchev–Trinajstić information content (AvgIpc) is 3.10. The summed E-state index contributed by atoms with van der Waals surface area (Å²) in [6.07, 6.45) is 4.04. The molecule has 0 saturated heterocycles. The summed E-state index contributed by atoms with van der Waals surface area (Å²) >= 11 is 0. The number of nitrogens with zero attached hydrogens (tertiary/aromatic N) is 3. The van der Waals surface area contributed by atoms with Gasteiger partial charge in [0.05, 0.1) is 19.3 Å². The lowest BCUT2D eigenvalue weighted by Gasteiger charge is -2.31. The number of ether oxygens (including phenoxy) is 1. The zero-order valence-electron chi connectivity index (χ0n) is 14.9. The topological polar surface area (TPSA) is 88.5 Å². The highest BCUT2D eigenvalue weighted by molar-refractivity contribution is 6.01. The van der Waals surface area contributed by atoms with Gasteiger partial charge in [-0.1, -0.05) is 18.2 Å². The van der Waals surface area contributed by atoms with E-state index in [1.54, 1.807) is 29.9 Å². The Morgan fingerprint density at radius 3 is 3.00 bits per heavy atom. The van der Waals surface area contributed by atoms with E-state index in [1.165, 1.54) is 0 Å². The normalized spacial score (nSPS) is 16.3. The van der Waals surface area contributed by atoms with Gasteiger partial charge in [0.1, 0.15) is 6.04 Å². The third kappa shape index (κ3) is 4.02. The number of fused-ring (bicyclic) bond motifs is 1. The summed E-state index contributed by atoms with van der Waals surface area (Å²) < 4.78 is 6.76. The Morgan fingerprint density at radius 2 is 2.19 bits per heavy atom. The second kappa shape index (κ2) is 8.01. The van der Waals surface area contributed by atoms with Crippen molar-refractivity contribution in [2.45, 2.75) is 25.6 Å². The first-order valence-electron chi connectivity index (χ1n) is 8.48. The number of amides is 3. The van der Waals surface area contributed by atoms with E-state index in [-0.39, 0.29) is 11.9 Å². The molecule has 2 heterocycles. The molecule has 0 spiro atoms. The van der Waals surface area contributed by atoms with Crippen LogP contribution >= 0.6 is 0 Å². The molecule has 1 aromatic carbocycles. The van der Waals surface area contributed by atoms with Gasteiger partial charge in [0.25, 0.3) is 0 Å². The van der Waals surface area contributed by atoms with E-state index in [4.69, 9.17) is 4.74 Å². The van der Waals surface area contributed by atoms with Crippen molar-refractivity contribution in [3.63, 3.8) is 0 Å². The number of rotatable bonds is 6. The number of urea groups is 1. The van der Waals surface area contributed by atoms with Gasteiger partial charge in [0, 0.05) is 44.6 Å². The number of benzene rings is 1. The maximum Gasteiger partial charge on any atom is 0.315 e. The van der Waals surface area contributed by atoms with Gasteiger partial charge in [-0.15, -0.1) is 0 Å². The molecule has 138 valence electrons. The van der Waals surface area contributed by atoms with Gasteiger partial charge in [-0.25, -0.2) is 4.79 Å². The summed E-state index contributed by atoms with van der Waals surface area (Å²) in [5.41, 5.74) is 2.81. The van der Waals surface area contributed by atoms with Crippen molar-refractivity contribution in [3.8, 4) is 0 Å². The number of para-hydroxylation sites is 1. The van der Waals surface area contributed by atoms with Gasteiger partial charge in [-0.2, -0.15) is 5.10 Å². The smallest absolute Gasteiger partial charge is 0.315 e. The Bertz CT molecular complexity index is 789. The van der Waals surface area contributed by atoms with Crippen LogP contribution in [0.2, 0.25) is 0 Å². The molecule has 26 heavy (non-hydrogen) atoms. The highest BCUT2D eigenvalue weighted by Gasteiger charge is 2.31. The third-order valence-corrected chi connectivity index (χ3v) is 4.38. The second-order valence-corrected chi connectivity index (χ2v) is 6.21. The zero-order valence-corrected chi connectivity index (χ0v) is 14.9. The quantitative estimate of drug-likeness (QED) is 0.805. The molecule has 1 aliphatic rings. The zero-order chi connectivity index (χ0) is 18.5. The number of nitrogens with one attached hydrogen (secondary N) is 2. The van der Waals surface area contributed by atoms with E-state index in [0.29, 0.717) is 26.1 Å². The first-order chi connectivity index (χ1) is 12.6. The molecular weight excluding hydrogens is 334 g/mol. The molecule has 0 aliphatic carbocycles. The number of carbonyl (C=O) groups is 2. The van der Waals surface area contributed by atoms with Crippen LogP contribution in [-0.4, -0.2) is 48.5 Å². The number of carbonyl (C=O) groups excluding carboxylic acids is 2. The molecule has 1 aromatic heterocycles. The molecule has 0 bridgehead atoms. The molecule has 0 radical (unpaired) electrons. The molecule has 8 heteroatoms. The Hall–Kier alpha value is -2.87. The van der Waals surface area contributed by atoms with Crippen molar-refractivity contribution >= 4 is 17.6 Å². The maximum absolute atomic E-state index is 12.5. The second-order valence-electron chi connectivity index (χ2n) is 6.21. The van der Waals surface area contributed by atoms with Crippen molar-refractivity contribution in [1.29, 1.82) is 0 Å². The molecule has 2 aromatic rings. The largest absolute Gasteiger partial charge is 0.383 e. The standard InChI is InChI=1S/C18H23N5O3/c1-22-16-6-4-3-5-14(16)9-15(17(22)24)21-18(25)19-10-13-11-20-23(12-13)7-8-26-2/h3-6,11-12,15H,7-10H2,1-2H3,(H2,19,21,25). The molecular formula is C18H23N5O3. The fraction of sp³-hybridized carbons (Fsp3) is 0.389.